The number of nitrogens with two attached hydrogens (primary N) is 1. The van der Waals surface area contributed by atoms with E-state index in [1.165, 1.54) is 12.5 Å². The van der Waals surface area contributed by atoms with Gasteiger partial charge in [0.1, 0.15) is 0 Å². The first-order chi connectivity index (χ1) is 12.8. The third kappa shape index (κ3) is 6.76. The summed E-state index contributed by atoms with van der Waals surface area (Å²) in [5.74, 6) is -1.70. The van der Waals surface area contributed by atoms with Gasteiger partial charge in [-0.05, 0) is 36.5 Å². The number of benzene rings is 1. The first kappa shape index (κ1) is 21.6. The maximum Gasteiger partial charge on any atom is 0.332 e. The van der Waals surface area contributed by atoms with Crippen molar-refractivity contribution >= 4 is 25.5 Å². The summed E-state index contributed by atoms with van der Waals surface area (Å²) in [6, 6.07) is 7.34. The van der Waals surface area contributed by atoms with E-state index >= 15 is 0 Å². The molecule has 0 aliphatic heterocycles. The van der Waals surface area contributed by atoms with E-state index in [0.717, 1.165) is 31.2 Å². The van der Waals surface area contributed by atoms with Gasteiger partial charge in [0.15, 0.2) is 0 Å². The number of carboxylic acid groups (broad SMARTS) is 1. The van der Waals surface area contributed by atoms with Gasteiger partial charge in [-0.2, -0.15) is 0 Å². The first-order valence-electron chi connectivity index (χ1n) is 9.55. The molecular formula is C21H30NO4P. The quantitative estimate of drug-likeness (QED) is 0.440. The first-order valence-corrected chi connectivity index (χ1v) is 11.5. The van der Waals surface area contributed by atoms with Gasteiger partial charge < -0.3 is 15.7 Å². The van der Waals surface area contributed by atoms with Crippen LogP contribution in [0.5, 0.6) is 0 Å². The van der Waals surface area contributed by atoms with E-state index in [1.807, 2.05) is 31.2 Å². The number of carboxylic acids is 1. The van der Waals surface area contributed by atoms with Crippen molar-refractivity contribution in [2.75, 3.05) is 6.16 Å². The third-order valence-corrected chi connectivity index (χ3v) is 7.17. The number of hydrogen-bond donors (Lipinski definition) is 3. The molecule has 4 N–H and O–H groups in total. The van der Waals surface area contributed by atoms with Crippen LogP contribution < -0.4 is 5.73 Å². The van der Waals surface area contributed by atoms with Crippen LogP contribution in [0.3, 0.4) is 0 Å². The summed E-state index contributed by atoms with van der Waals surface area (Å²) < 4.78 is 12.7. The lowest BCUT2D eigenvalue weighted by Crippen LogP contribution is -2.27. The maximum absolute atomic E-state index is 12.7. The molecule has 2 atom stereocenters. The van der Waals surface area contributed by atoms with Gasteiger partial charge >= 0.3 is 5.97 Å². The van der Waals surface area contributed by atoms with Gasteiger partial charge in [-0.25, -0.2) is 4.79 Å². The highest BCUT2D eigenvalue weighted by Crippen LogP contribution is 2.49. The molecule has 2 unspecified atom stereocenters. The van der Waals surface area contributed by atoms with E-state index in [2.05, 4.69) is 0 Å². The number of carbonyl (C=O) groups is 1. The molecule has 2 rings (SSSR count). The molecule has 5 nitrogen and oxygen atoms in total. The zero-order chi connectivity index (χ0) is 19.9. The van der Waals surface area contributed by atoms with E-state index in [4.69, 9.17) is 5.73 Å². The third-order valence-electron chi connectivity index (χ3n) is 5.13. The van der Waals surface area contributed by atoms with Gasteiger partial charge in [0.2, 0.25) is 7.37 Å². The number of allylic oxidation sites excluding steroid dienone is 1. The van der Waals surface area contributed by atoms with Gasteiger partial charge in [0.25, 0.3) is 0 Å². The Morgan fingerprint density at radius 1 is 1.22 bits per heavy atom. The minimum Gasteiger partial charge on any atom is -0.478 e. The Morgan fingerprint density at radius 3 is 2.37 bits per heavy atom. The summed E-state index contributed by atoms with van der Waals surface area (Å²) in [5, 5.41) is 9.49. The van der Waals surface area contributed by atoms with Crippen LogP contribution in [0.2, 0.25) is 0 Å². The second-order valence-electron chi connectivity index (χ2n) is 7.36. The summed E-state index contributed by atoms with van der Waals surface area (Å²) in [4.78, 5) is 22.1. The topological polar surface area (TPSA) is 101 Å². The Balaban J connectivity index is 2.10. The van der Waals surface area contributed by atoms with Crippen LogP contribution >= 0.6 is 7.37 Å². The molecule has 1 aromatic carbocycles. The molecule has 0 aromatic heterocycles. The summed E-state index contributed by atoms with van der Waals surface area (Å²) >= 11 is 0. The molecule has 1 aliphatic carbocycles. The molecule has 0 heterocycles. The van der Waals surface area contributed by atoms with E-state index in [-0.39, 0.29) is 5.57 Å². The van der Waals surface area contributed by atoms with Crippen LogP contribution in [-0.4, -0.2) is 27.9 Å². The van der Waals surface area contributed by atoms with E-state index < -0.39 is 25.3 Å². The average Bonchev–Trinajstić information content (AvgIpc) is 2.63. The van der Waals surface area contributed by atoms with Crippen molar-refractivity contribution in [2.24, 2.45) is 11.7 Å². The van der Waals surface area contributed by atoms with Crippen LogP contribution in [-0.2, 0) is 9.36 Å². The van der Waals surface area contributed by atoms with Crippen molar-refractivity contribution in [1.29, 1.82) is 0 Å². The summed E-state index contributed by atoms with van der Waals surface area (Å²) in [5.41, 5.74) is 7.64. The smallest absolute Gasteiger partial charge is 0.332 e. The highest BCUT2D eigenvalue weighted by atomic mass is 31.2. The minimum absolute atomic E-state index is 0.0845. The molecular weight excluding hydrogens is 361 g/mol. The molecule has 1 aliphatic rings. The molecule has 0 amide bonds. The molecule has 1 fully saturated rings. The van der Waals surface area contributed by atoms with Gasteiger partial charge in [0, 0.05) is 5.57 Å². The predicted octanol–water partition coefficient (Wildman–Crippen LogP) is 4.71. The largest absolute Gasteiger partial charge is 0.478 e. The molecule has 0 spiro atoms. The van der Waals surface area contributed by atoms with E-state index in [1.54, 1.807) is 12.1 Å². The Hall–Kier alpha value is -1.68. The molecule has 0 bridgehead atoms. The molecule has 148 valence electrons. The highest BCUT2D eigenvalue weighted by molar-refractivity contribution is 7.59. The van der Waals surface area contributed by atoms with Crippen molar-refractivity contribution < 1.29 is 19.4 Å². The number of rotatable bonds is 8. The fourth-order valence-electron chi connectivity index (χ4n) is 3.56. The second-order valence-corrected chi connectivity index (χ2v) is 9.85. The van der Waals surface area contributed by atoms with E-state index in [9.17, 15) is 19.4 Å². The normalized spacial score (nSPS) is 19.7. The number of hydrogen-bond acceptors (Lipinski definition) is 3. The standard InChI is InChI=1S/C21H30NO4P/c1-2-6-16-9-11-18(12-10-16)13-19(21(23)24)15-27(25,26)20(22)14-17-7-4-3-5-8-17/h2,6,9-13,17,20H,3-5,7-8,14-15,22H2,1H3,(H,23,24)(H,25,26)/b6-2-,19-13+. The molecule has 0 radical (unpaired) electrons. The monoisotopic (exact) mass is 391 g/mol. The Labute approximate surface area is 161 Å². The molecule has 1 aromatic rings. The maximum atomic E-state index is 12.7. The second kappa shape index (κ2) is 10.0. The van der Waals surface area contributed by atoms with Crippen LogP contribution in [0.25, 0.3) is 12.2 Å². The zero-order valence-corrected chi connectivity index (χ0v) is 16.8. The molecule has 0 saturated heterocycles. The Bertz CT molecular complexity index is 733. The van der Waals surface area contributed by atoms with Crippen LogP contribution in [0.15, 0.2) is 35.9 Å². The minimum atomic E-state index is -3.80. The summed E-state index contributed by atoms with van der Waals surface area (Å²) in [6.07, 6.45) is 10.9. The Morgan fingerprint density at radius 2 is 1.81 bits per heavy atom. The van der Waals surface area contributed by atoms with E-state index in [0.29, 0.717) is 17.9 Å². The van der Waals surface area contributed by atoms with Crippen molar-refractivity contribution in [1.82, 2.24) is 0 Å². The fourth-order valence-corrected chi connectivity index (χ4v) is 5.14. The van der Waals surface area contributed by atoms with Crippen molar-refractivity contribution in [3.05, 3.63) is 47.0 Å². The molecule has 1 saturated carbocycles. The summed E-state index contributed by atoms with van der Waals surface area (Å²) in [7, 11) is -3.80. The predicted molar refractivity (Wildman–Crippen MR) is 111 cm³/mol. The summed E-state index contributed by atoms with van der Waals surface area (Å²) in [6.45, 7) is 1.92. The van der Waals surface area contributed by atoms with Crippen molar-refractivity contribution in [3.8, 4) is 0 Å². The number of aliphatic carboxylic acids is 1. The van der Waals surface area contributed by atoms with Crippen LogP contribution in [0, 0.1) is 5.92 Å². The lowest BCUT2D eigenvalue weighted by Gasteiger charge is -2.27. The Kier molecular flexibility index (Phi) is 8.03. The van der Waals surface area contributed by atoms with Crippen LogP contribution in [0.4, 0.5) is 0 Å². The van der Waals surface area contributed by atoms with Gasteiger partial charge in [0.05, 0.1) is 11.9 Å². The highest BCUT2D eigenvalue weighted by Gasteiger charge is 2.32. The molecule has 27 heavy (non-hydrogen) atoms. The van der Waals surface area contributed by atoms with Crippen LogP contribution in [0.1, 0.15) is 56.6 Å². The SMILES string of the molecule is C/C=C\c1ccc(/C=C(\CP(=O)(O)C(N)CC2CCCCC2)C(=O)O)cc1. The van der Waals surface area contributed by atoms with Gasteiger partial charge in [-0.15, -0.1) is 0 Å². The fraction of sp³-hybridized carbons (Fsp3) is 0.476. The zero-order valence-electron chi connectivity index (χ0n) is 15.9. The van der Waals surface area contributed by atoms with Crippen molar-refractivity contribution in [3.63, 3.8) is 0 Å². The van der Waals surface area contributed by atoms with Gasteiger partial charge in [-0.1, -0.05) is 68.5 Å². The van der Waals surface area contributed by atoms with Crippen molar-refractivity contribution in [2.45, 2.75) is 51.2 Å². The van der Waals surface area contributed by atoms with Gasteiger partial charge in [-0.3, -0.25) is 4.57 Å². The average molecular weight is 391 g/mol. The lowest BCUT2D eigenvalue weighted by molar-refractivity contribution is -0.132. The lowest BCUT2D eigenvalue weighted by atomic mass is 9.87. The molecule has 6 heteroatoms.